The second-order valence-corrected chi connectivity index (χ2v) is 6.74. The van der Waals surface area contributed by atoms with E-state index in [1.165, 1.54) is 0 Å². The van der Waals surface area contributed by atoms with E-state index >= 15 is 0 Å². The molecule has 0 spiro atoms. The van der Waals surface area contributed by atoms with Crippen LogP contribution in [0, 0.1) is 20.8 Å². The van der Waals surface area contributed by atoms with Crippen molar-refractivity contribution in [3.8, 4) is 17.0 Å². The molecule has 1 heterocycles. The lowest BCUT2D eigenvalue weighted by molar-refractivity contribution is -0.423. The molecule has 0 aliphatic carbocycles. The van der Waals surface area contributed by atoms with Crippen molar-refractivity contribution < 1.29 is 14.6 Å². The number of nitrogens with one attached hydrogen (secondary N) is 2. The van der Waals surface area contributed by atoms with Gasteiger partial charge in [-0.3, -0.25) is 4.98 Å². The van der Waals surface area contributed by atoms with Gasteiger partial charge in [-0.2, -0.15) is 0 Å². The molecule has 7 heteroatoms. The Hall–Kier alpha value is -3.74. The fraction of sp³-hybridized carbons (Fsp3) is 0.182. The van der Waals surface area contributed by atoms with Crippen molar-refractivity contribution in [3.05, 3.63) is 77.0 Å². The standard InChI is InChI=1S/C22H23N5O2/c1-14-6-4-9-20(25-22(28)26-27-23)21(14)29-13-18-11-10-17(12-15(18)2)19-8-5-7-16(3)24-19/h4-12H,13H2,1-3H3,(H3,23,25,26,28)/p+1. The normalized spacial score (nSPS) is 10.9. The Balaban J connectivity index is 1.79. The number of pyridine rings is 1. The van der Waals surface area contributed by atoms with Crippen LogP contribution in [0.2, 0.25) is 0 Å². The predicted octanol–water partition coefficient (Wildman–Crippen LogP) is 3.19. The zero-order valence-corrected chi connectivity index (χ0v) is 16.7. The van der Waals surface area contributed by atoms with Gasteiger partial charge in [0.15, 0.2) is 5.75 Å². The van der Waals surface area contributed by atoms with Crippen molar-refractivity contribution in [1.29, 1.82) is 0 Å². The van der Waals surface area contributed by atoms with Crippen molar-refractivity contribution in [2.45, 2.75) is 27.4 Å². The first kappa shape index (κ1) is 20.0. The van der Waals surface area contributed by atoms with Gasteiger partial charge in [0.2, 0.25) is 0 Å². The number of ether oxygens (including phenoxy) is 1. The van der Waals surface area contributed by atoms with Crippen LogP contribution < -0.4 is 21.0 Å². The summed E-state index contributed by atoms with van der Waals surface area (Å²) in [6.07, 6.45) is 0. The summed E-state index contributed by atoms with van der Waals surface area (Å²) in [4.78, 5) is 16.3. The Morgan fingerprint density at radius 2 is 1.90 bits per heavy atom. The van der Waals surface area contributed by atoms with Crippen LogP contribution in [-0.2, 0) is 6.61 Å². The summed E-state index contributed by atoms with van der Waals surface area (Å²) in [6.45, 7) is 6.32. The Kier molecular flexibility index (Phi) is 6.19. The molecule has 0 radical (unpaired) electrons. The molecule has 0 aliphatic rings. The van der Waals surface area contributed by atoms with E-state index in [4.69, 9.17) is 10.6 Å². The van der Waals surface area contributed by atoms with Gasteiger partial charge in [0.1, 0.15) is 12.3 Å². The number of nitrogens with two attached hydrogens (primary N) is 1. The summed E-state index contributed by atoms with van der Waals surface area (Å²) >= 11 is 0. The van der Waals surface area contributed by atoms with Crippen molar-refractivity contribution in [3.63, 3.8) is 0 Å². The summed E-state index contributed by atoms with van der Waals surface area (Å²) in [5, 5.41) is 7.94. The fourth-order valence-electron chi connectivity index (χ4n) is 3.02. The van der Waals surface area contributed by atoms with Crippen LogP contribution in [0.4, 0.5) is 10.5 Å². The lowest BCUT2D eigenvalue weighted by Gasteiger charge is -2.14. The molecule has 0 atom stereocenters. The van der Waals surface area contributed by atoms with Crippen LogP contribution in [-0.4, -0.2) is 11.0 Å². The van der Waals surface area contributed by atoms with Gasteiger partial charge in [-0.15, -0.1) is 5.11 Å². The van der Waals surface area contributed by atoms with E-state index in [0.29, 0.717) is 18.0 Å². The number of carbonyl (C=O) groups excluding carboxylic acids is 1. The SMILES string of the molecule is Cc1cccc(-c2ccc(COc3c(C)cccc3NC(=O)/[NH+]=N\N)c(C)c2)n1. The predicted molar refractivity (Wildman–Crippen MR) is 111 cm³/mol. The molecular weight excluding hydrogens is 366 g/mol. The highest BCUT2D eigenvalue weighted by Gasteiger charge is 2.14. The number of nitrogens with zero attached hydrogens (tertiary/aromatic N) is 2. The highest BCUT2D eigenvalue weighted by Crippen LogP contribution is 2.30. The molecule has 4 N–H and O–H groups in total. The smallest absolute Gasteiger partial charge is 0.457 e. The number of carbonyl (C=O) groups is 1. The molecule has 0 saturated carbocycles. The zero-order valence-electron chi connectivity index (χ0n) is 16.7. The number of aromatic nitrogens is 1. The molecule has 0 unspecified atom stereocenters. The van der Waals surface area contributed by atoms with Gasteiger partial charge in [0.05, 0.1) is 5.69 Å². The first-order chi connectivity index (χ1) is 14.0. The maximum atomic E-state index is 11.7. The summed E-state index contributed by atoms with van der Waals surface area (Å²) in [5.74, 6) is 5.58. The van der Waals surface area contributed by atoms with Crippen molar-refractivity contribution in [1.82, 2.24) is 4.98 Å². The molecule has 0 saturated heterocycles. The van der Waals surface area contributed by atoms with Crippen LogP contribution in [0.25, 0.3) is 11.3 Å². The van der Waals surface area contributed by atoms with Gasteiger partial charge in [-0.1, -0.05) is 30.3 Å². The second kappa shape index (κ2) is 8.97. The lowest BCUT2D eigenvalue weighted by atomic mass is 10.0. The molecule has 7 nitrogen and oxygen atoms in total. The van der Waals surface area contributed by atoms with Crippen molar-refractivity contribution >= 4 is 11.7 Å². The lowest BCUT2D eigenvalue weighted by Crippen LogP contribution is -2.73. The average molecular weight is 390 g/mol. The molecule has 29 heavy (non-hydrogen) atoms. The average Bonchev–Trinajstić information content (AvgIpc) is 2.68. The highest BCUT2D eigenvalue weighted by molar-refractivity contribution is 5.84. The van der Waals surface area contributed by atoms with E-state index in [9.17, 15) is 4.79 Å². The number of aryl methyl sites for hydroxylation is 3. The van der Waals surface area contributed by atoms with E-state index in [1.54, 1.807) is 6.07 Å². The van der Waals surface area contributed by atoms with Crippen LogP contribution >= 0.6 is 0 Å². The van der Waals surface area contributed by atoms with Gasteiger partial charge >= 0.3 is 6.03 Å². The van der Waals surface area contributed by atoms with Crippen LogP contribution in [0.1, 0.15) is 22.4 Å². The summed E-state index contributed by atoms with van der Waals surface area (Å²) < 4.78 is 6.06. The van der Waals surface area contributed by atoms with E-state index in [-0.39, 0.29) is 0 Å². The minimum Gasteiger partial charge on any atom is -0.485 e. The van der Waals surface area contributed by atoms with Crippen molar-refractivity contribution in [2.24, 2.45) is 11.1 Å². The summed E-state index contributed by atoms with van der Waals surface area (Å²) in [6, 6.07) is 17.2. The summed E-state index contributed by atoms with van der Waals surface area (Å²) in [7, 11) is 0. The first-order valence-electron chi connectivity index (χ1n) is 9.21. The maximum Gasteiger partial charge on any atom is 0.457 e. The number of anilines is 1. The van der Waals surface area contributed by atoms with Gasteiger partial charge in [-0.05, 0) is 61.7 Å². The third-order valence-corrected chi connectivity index (χ3v) is 4.52. The molecule has 0 fully saturated rings. The Morgan fingerprint density at radius 1 is 1.10 bits per heavy atom. The highest BCUT2D eigenvalue weighted by atomic mass is 16.5. The fourth-order valence-corrected chi connectivity index (χ4v) is 3.02. The number of hydrogen-bond acceptors (Lipinski definition) is 4. The number of amides is 2. The topological polar surface area (TPSA) is 104 Å². The molecule has 2 amide bonds. The number of hydrogen-bond donors (Lipinski definition) is 3. The summed E-state index contributed by atoms with van der Waals surface area (Å²) in [5.41, 5.74) is 6.61. The van der Waals surface area contributed by atoms with Gasteiger partial charge in [0, 0.05) is 16.5 Å². The Bertz CT molecular complexity index is 1060. The third-order valence-electron chi connectivity index (χ3n) is 4.52. The minimum absolute atomic E-state index is 0.371. The molecule has 3 rings (SSSR count). The molecule has 2 aromatic carbocycles. The molecule has 0 aliphatic heterocycles. The number of para-hydroxylation sites is 1. The first-order valence-corrected chi connectivity index (χ1v) is 9.21. The van der Waals surface area contributed by atoms with E-state index in [1.807, 2.05) is 63.2 Å². The minimum atomic E-state index is -0.533. The van der Waals surface area contributed by atoms with Crippen molar-refractivity contribution in [2.75, 3.05) is 5.32 Å². The van der Waals surface area contributed by atoms with Crippen LogP contribution in [0.15, 0.2) is 59.8 Å². The Morgan fingerprint density at radius 3 is 2.62 bits per heavy atom. The van der Waals surface area contributed by atoms with Gasteiger partial charge < -0.3 is 4.74 Å². The molecule has 0 bridgehead atoms. The Labute approximate surface area is 169 Å². The number of urea groups is 1. The van der Waals surface area contributed by atoms with Gasteiger partial charge in [0.25, 0.3) is 0 Å². The monoisotopic (exact) mass is 390 g/mol. The number of rotatable bonds is 5. The quantitative estimate of drug-likeness (QED) is 0.354. The maximum absolute atomic E-state index is 11.7. The van der Waals surface area contributed by atoms with E-state index in [2.05, 4.69) is 26.7 Å². The molecule has 1 aromatic heterocycles. The third kappa shape index (κ3) is 4.95. The molecule has 148 valence electrons. The largest absolute Gasteiger partial charge is 0.485 e. The molecular formula is C22H24N5O2+. The van der Waals surface area contributed by atoms with E-state index < -0.39 is 6.03 Å². The zero-order chi connectivity index (χ0) is 20.8. The van der Waals surface area contributed by atoms with E-state index in [0.717, 1.165) is 33.6 Å². The second-order valence-electron chi connectivity index (χ2n) is 6.74. The van der Waals surface area contributed by atoms with Crippen LogP contribution in [0.3, 0.4) is 0 Å². The van der Waals surface area contributed by atoms with Gasteiger partial charge in [-0.25, -0.2) is 16.0 Å². The number of benzene rings is 2. The molecule has 3 aromatic rings. The van der Waals surface area contributed by atoms with Crippen LogP contribution in [0.5, 0.6) is 5.75 Å².